The fourth-order valence-corrected chi connectivity index (χ4v) is 3.58. The molecule has 0 aliphatic carbocycles. The molecule has 2 N–H and O–H groups in total. The van der Waals surface area contributed by atoms with Crippen molar-refractivity contribution in [3.8, 4) is 0 Å². The van der Waals surface area contributed by atoms with E-state index < -0.39 is 0 Å². The van der Waals surface area contributed by atoms with Gasteiger partial charge in [0.1, 0.15) is 6.33 Å². The van der Waals surface area contributed by atoms with Crippen molar-refractivity contribution in [2.24, 2.45) is 5.73 Å². The number of hydrogen-bond donors (Lipinski definition) is 1. The lowest BCUT2D eigenvalue weighted by Gasteiger charge is -2.10. The van der Waals surface area contributed by atoms with Gasteiger partial charge in [0.25, 0.3) is 0 Å². The Morgan fingerprint density at radius 1 is 1.50 bits per heavy atom. The average molecular weight is 344 g/mol. The second-order valence-electron chi connectivity index (χ2n) is 3.95. The molecule has 0 amide bonds. The summed E-state index contributed by atoms with van der Waals surface area (Å²) in [6.45, 7) is 2.11. The van der Waals surface area contributed by atoms with E-state index in [1.807, 2.05) is 0 Å². The normalized spacial score (nSPS) is 12.6. The number of halogens is 1. The van der Waals surface area contributed by atoms with E-state index in [2.05, 4.69) is 50.4 Å². The number of hydrogen-bond acceptors (Lipinski definition) is 5. The van der Waals surface area contributed by atoms with Crippen molar-refractivity contribution in [2.75, 3.05) is 0 Å². The Balaban J connectivity index is 2.10. The quantitative estimate of drug-likeness (QED) is 0.898. The molecule has 2 rings (SSSR count). The summed E-state index contributed by atoms with van der Waals surface area (Å²) in [7, 11) is 0. The molecule has 1 atom stereocenters. The van der Waals surface area contributed by atoms with Crippen molar-refractivity contribution >= 4 is 39.2 Å². The summed E-state index contributed by atoms with van der Waals surface area (Å²) < 4.78 is 6.03. The molecule has 0 aliphatic heterocycles. The molecule has 0 bridgehead atoms. The topological polar surface area (TPSA) is 51.8 Å². The van der Waals surface area contributed by atoms with Crippen LogP contribution in [0.3, 0.4) is 0 Å². The highest BCUT2D eigenvalue weighted by atomic mass is 79.9. The van der Waals surface area contributed by atoms with Crippen LogP contribution in [0.5, 0.6) is 0 Å². The van der Waals surface area contributed by atoms with Gasteiger partial charge in [-0.05, 0) is 58.0 Å². The van der Waals surface area contributed by atoms with E-state index in [0.29, 0.717) is 0 Å². The van der Waals surface area contributed by atoms with Crippen LogP contribution in [0.1, 0.15) is 18.9 Å². The second-order valence-corrected chi connectivity index (χ2v) is 6.87. The zero-order valence-electron chi connectivity index (χ0n) is 9.97. The van der Waals surface area contributed by atoms with Crippen molar-refractivity contribution in [2.45, 2.75) is 35.0 Å². The zero-order valence-corrected chi connectivity index (χ0v) is 13.2. The average Bonchev–Trinajstić information content (AvgIpc) is 2.85. The maximum atomic E-state index is 5.97. The highest BCUT2D eigenvalue weighted by Crippen LogP contribution is 2.34. The number of aromatic nitrogens is 2. The predicted molar refractivity (Wildman–Crippen MR) is 80.1 cm³/mol. The number of nitrogens with two attached hydrogens (primary N) is 1. The van der Waals surface area contributed by atoms with E-state index in [4.69, 9.17) is 5.73 Å². The number of nitrogens with zero attached hydrogens (tertiary/aromatic N) is 2. The van der Waals surface area contributed by atoms with E-state index in [0.717, 1.165) is 26.5 Å². The molecule has 6 heteroatoms. The standard InChI is InChI=1S/C12H14BrN3S2/c1-2-9(14)5-8-3-4-11(10(13)6-8)17-12-15-7-16-18-12/h3-4,6-7,9H,2,5,14H2,1H3. The van der Waals surface area contributed by atoms with Crippen molar-refractivity contribution in [1.29, 1.82) is 0 Å². The summed E-state index contributed by atoms with van der Waals surface area (Å²) in [5.41, 5.74) is 7.23. The Bertz CT molecular complexity index is 502. The van der Waals surface area contributed by atoms with Crippen LogP contribution in [-0.4, -0.2) is 15.4 Å². The Kier molecular flexibility index (Phi) is 5.17. The van der Waals surface area contributed by atoms with E-state index in [9.17, 15) is 0 Å². The van der Waals surface area contributed by atoms with Crippen LogP contribution in [0.2, 0.25) is 0 Å². The van der Waals surface area contributed by atoms with Gasteiger partial charge in [0.2, 0.25) is 0 Å². The summed E-state index contributed by atoms with van der Waals surface area (Å²) in [5, 5.41) is 0. The second kappa shape index (κ2) is 6.65. The zero-order chi connectivity index (χ0) is 13.0. The minimum atomic E-state index is 0.235. The summed E-state index contributed by atoms with van der Waals surface area (Å²) in [6, 6.07) is 6.61. The van der Waals surface area contributed by atoms with Crippen LogP contribution >= 0.6 is 39.2 Å². The Hall–Kier alpha value is -0.430. The SMILES string of the molecule is CCC(N)Cc1ccc(Sc2ncns2)c(Br)c1. The predicted octanol–water partition coefficient (Wildman–Crippen LogP) is 3.73. The molecule has 1 aromatic heterocycles. The molecule has 1 unspecified atom stereocenters. The Morgan fingerprint density at radius 2 is 2.33 bits per heavy atom. The molecule has 0 aliphatic rings. The van der Waals surface area contributed by atoms with Gasteiger partial charge in [-0.1, -0.05) is 24.8 Å². The summed E-state index contributed by atoms with van der Waals surface area (Å²) in [6.07, 6.45) is 3.49. The third-order valence-corrected chi connectivity index (χ3v) is 5.27. The van der Waals surface area contributed by atoms with Gasteiger partial charge in [0, 0.05) is 15.4 Å². The molecule has 1 heterocycles. The number of rotatable bonds is 5. The summed E-state index contributed by atoms with van der Waals surface area (Å²) in [4.78, 5) is 5.32. The number of benzene rings is 1. The lowest BCUT2D eigenvalue weighted by molar-refractivity contribution is 0.646. The van der Waals surface area contributed by atoms with E-state index in [1.54, 1.807) is 18.1 Å². The minimum absolute atomic E-state index is 0.235. The highest BCUT2D eigenvalue weighted by molar-refractivity contribution is 9.10. The lowest BCUT2D eigenvalue weighted by atomic mass is 10.1. The molecule has 0 spiro atoms. The van der Waals surface area contributed by atoms with Crippen LogP contribution in [0, 0.1) is 0 Å². The van der Waals surface area contributed by atoms with Crippen LogP contribution < -0.4 is 5.73 Å². The van der Waals surface area contributed by atoms with E-state index in [1.165, 1.54) is 17.1 Å². The van der Waals surface area contributed by atoms with Crippen molar-refractivity contribution in [3.05, 3.63) is 34.6 Å². The molecule has 0 radical (unpaired) electrons. The van der Waals surface area contributed by atoms with Gasteiger partial charge in [-0.2, -0.15) is 4.37 Å². The summed E-state index contributed by atoms with van der Waals surface area (Å²) >= 11 is 6.63. The van der Waals surface area contributed by atoms with Gasteiger partial charge in [0.05, 0.1) is 0 Å². The molecule has 0 saturated carbocycles. The van der Waals surface area contributed by atoms with Gasteiger partial charge >= 0.3 is 0 Å². The first-order valence-electron chi connectivity index (χ1n) is 5.67. The largest absolute Gasteiger partial charge is 0.327 e. The maximum Gasteiger partial charge on any atom is 0.174 e. The molecule has 3 nitrogen and oxygen atoms in total. The Morgan fingerprint density at radius 3 is 2.94 bits per heavy atom. The molecule has 1 aromatic carbocycles. The third kappa shape index (κ3) is 3.78. The maximum absolute atomic E-state index is 5.97. The highest BCUT2D eigenvalue weighted by Gasteiger charge is 2.07. The Labute approximate surface area is 123 Å². The molecular formula is C12H14BrN3S2. The molecule has 2 aromatic rings. The fraction of sp³-hybridized carbons (Fsp3) is 0.333. The molecule has 96 valence electrons. The minimum Gasteiger partial charge on any atom is -0.327 e. The first kappa shape index (κ1) is 14.0. The van der Waals surface area contributed by atoms with Crippen LogP contribution in [-0.2, 0) is 6.42 Å². The molecular weight excluding hydrogens is 330 g/mol. The first-order chi connectivity index (χ1) is 8.69. The smallest absolute Gasteiger partial charge is 0.174 e. The van der Waals surface area contributed by atoms with Gasteiger partial charge in [0.15, 0.2) is 4.34 Å². The monoisotopic (exact) mass is 343 g/mol. The van der Waals surface area contributed by atoms with Gasteiger partial charge in [-0.15, -0.1) is 0 Å². The van der Waals surface area contributed by atoms with Crippen molar-refractivity contribution in [1.82, 2.24) is 9.36 Å². The van der Waals surface area contributed by atoms with Gasteiger partial charge in [-0.25, -0.2) is 4.98 Å². The van der Waals surface area contributed by atoms with Crippen LogP contribution in [0.25, 0.3) is 0 Å². The van der Waals surface area contributed by atoms with Gasteiger partial charge in [-0.3, -0.25) is 0 Å². The van der Waals surface area contributed by atoms with Crippen molar-refractivity contribution < 1.29 is 0 Å². The van der Waals surface area contributed by atoms with E-state index in [-0.39, 0.29) is 6.04 Å². The van der Waals surface area contributed by atoms with Crippen molar-refractivity contribution in [3.63, 3.8) is 0 Å². The summed E-state index contributed by atoms with van der Waals surface area (Å²) in [5.74, 6) is 0. The molecule has 0 fully saturated rings. The van der Waals surface area contributed by atoms with Crippen LogP contribution in [0.15, 0.2) is 38.2 Å². The first-order valence-corrected chi connectivity index (χ1v) is 8.06. The van der Waals surface area contributed by atoms with Crippen LogP contribution in [0.4, 0.5) is 0 Å². The van der Waals surface area contributed by atoms with E-state index >= 15 is 0 Å². The van der Waals surface area contributed by atoms with Gasteiger partial charge < -0.3 is 5.73 Å². The lowest BCUT2D eigenvalue weighted by Crippen LogP contribution is -2.21. The molecule has 18 heavy (non-hydrogen) atoms. The fourth-order valence-electron chi connectivity index (χ4n) is 1.50. The molecule has 0 saturated heterocycles. The third-order valence-electron chi connectivity index (χ3n) is 2.56.